The lowest BCUT2D eigenvalue weighted by molar-refractivity contribution is -0.139. The van der Waals surface area contributed by atoms with Gasteiger partial charge in [0, 0.05) is 12.6 Å². The number of nitrogens with zero attached hydrogens (tertiary/aromatic N) is 2. The molecule has 0 radical (unpaired) electrons. The van der Waals surface area contributed by atoms with Gasteiger partial charge in [0.2, 0.25) is 11.8 Å². The van der Waals surface area contributed by atoms with Crippen molar-refractivity contribution >= 4 is 29.2 Å². The molecule has 30 heavy (non-hydrogen) atoms. The number of carbonyl (C=O) groups excluding carboxylic acids is 3. The Labute approximate surface area is 179 Å². The molecular formula is C21H26ClN3O5. The monoisotopic (exact) mass is 435 g/mol. The summed E-state index contributed by atoms with van der Waals surface area (Å²) in [6.45, 7) is 2.34. The third-order valence-corrected chi connectivity index (χ3v) is 6.84. The van der Waals surface area contributed by atoms with E-state index in [9.17, 15) is 19.5 Å². The van der Waals surface area contributed by atoms with Gasteiger partial charge in [0.15, 0.2) is 5.78 Å². The molecule has 0 bridgehead atoms. The quantitative estimate of drug-likeness (QED) is 0.694. The van der Waals surface area contributed by atoms with Crippen LogP contribution in [0.5, 0.6) is 5.88 Å². The van der Waals surface area contributed by atoms with Crippen LogP contribution in [0, 0.1) is 11.8 Å². The molecule has 1 aromatic rings. The van der Waals surface area contributed by atoms with Gasteiger partial charge in [-0.25, -0.2) is 4.98 Å². The first-order chi connectivity index (χ1) is 14.3. The number of nitrogens with one attached hydrogen (secondary N) is 1. The second-order valence-corrected chi connectivity index (χ2v) is 9.11. The Morgan fingerprint density at radius 1 is 1.30 bits per heavy atom. The Hall–Kier alpha value is -2.19. The van der Waals surface area contributed by atoms with Gasteiger partial charge in [0.05, 0.1) is 5.38 Å². The number of alkyl halides is 1. The highest BCUT2D eigenvalue weighted by molar-refractivity contribution is 6.22. The first-order valence-corrected chi connectivity index (χ1v) is 10.8. The molecule has 4 rings (SSSR count). The van der Waals surface area contributed by atoms with Crippen LogP contribution in [0.1, 0.15) is 43.1 Å². The van der Waals surface area contributed by atoms with Gasteiger partial charge in [-0.15, -0.1) is 11.6 Å². The lowest BCUT2D eigenvalue weighted by Crippen LogP contribution is -2.55. The molecule has 8 nitrogen and oxygen atoms in total. The van der Waals surface area contributed by atoms with Crippen molar-refractivity contribution < 1.29 is 24.2 Å². The van der Waals surface area contributed by atoms with Gasteiger partial charge >= 0.3 is 0 Å². The van der Waals surface area contributed by atoms with E-state index in [1.54, 1.807) is 0 Å². The second-order valence-electron chi connectivity index (χ2n) is 8.55. The molecule has 2 N–H and O–H groups in total. The van der Waals surface area contributed by atoms with Crippen molar-refractivity contribution in [3.05, 3.63) is 23.9 Å². The summed E-state index contributed by atoms with van der Waals surface area (Å²) < 4.78 is 5.48. The Bertz CT molecular complexity index is 842. The zero-order valence-corrected chi connectivity index (χ0v) is 17.5. The molecule has 1 saturated carbocycles. The topological polar surface area (TPSA) is 109 Å². The number of fused-ring (bicyclic) bond motifs is 1. The van der Waals surface area contributed by atoms with E-state index in [0.717, 1.165) is 25.7 Å². The highest BCUT2D eigenvalue weighted by Crippen LogP contribution is 2.35. The first-order valence-electron chi connectivity index (χ1n) is 10.4. The molecule has 0 unspecified atom stereocenters. The van der Waals surface area contributed by atoms with Gasteiger partial charge in [0.25, 0.3) is 5.91 Å². The molecule has 2 amide bonds. The van der Waals surface area contributed by atoms with E-state index in [2.05, 4.69) is 17.2 Å². The average Bonchev–Trinajstić information content (AvgIpc) is 3.27. The highest BCUT2D eigenvalue weighted by Gasteiger charge is 2.53. The fraction of sp³-hybridized carbons (Fsp3) is 0.619. The molecular weight excluding hydrogens is 410 g/mol. The molecule has 3 fully saturated rings. The summed E-state index contributed by atoms with van der Waals surface area (Å²) in [5.74, 6) is -0.726. The number of likely N-dealkylation sites (tertiary alicyclic amines) is 1. The van der Waals surface area contributed by atoms with Gasteiger partial charge in [-0.3, -0.25) is 14.4 Å². The lowest BCUT2D eigenvalue weighted by Gasteiger charge is -2.35. The average molecular weight is 436 g/mol. The summed E-state index contributed by atoms with van der Waals surface area (Å²) in [6, 6.07) is 2.90. The Balaban J connectivity index is 1.57. The smallest absolute Gasteiger partial charge is 0.270 e. The second kappa shape index (κ2) is 8.51. The van der Waals surface area contributed by atoms with Gasteiger partial charge in [-0.1, -0.05) is 25.8 Å². The summed E-state index contributed by atoms with van der Waals surface area (Å²) in [4.78, 5) is 44.0. The summed E-state index contributed by atoms with van der Waals surface area (Å²) >= 11 is 6.35. The fourth-order valence-electron chi connectivity index (χ4n) is 4.77. The summed E-state index contributed by atoms with van der Waals surface area (Å²) in [6.07, 6.45) is 3.06. The van der Waals surface area contributed by atoms with E-state index < -0.39 is 29.5 Å². The van der Waals surface area contributed by atoms with Crippen LogP contribution < -0.4 is 5.32 Å². The summed E-state index contributed by atoms with van der Waals surface area (Å²) in [5.41, 5.74) is 0.0340. The normalized spacial score (nSPS) is 32.0. The van der Waals surface area contributed by atoms with E-state index in [0.29, 0.717) is 5.92 Å². The maximum absolute atomic E-state index is 13.6. The number of aromatic nitrogens is 1. The Kier molecular flexibility index (Phi) is 5.97. The maximum Gasteiger partial charge on any atom is 0.270 e. The largest absolute Gasteiger partial charge is 0.493 e. The molecule has 1 aromatic heterocycles. The number of amides is 2. The van der Waals surface area contributed by atoms with Gasteiger partial charge in [0.1, 0.15) is 30.5 Å². The van der Waals surface area contributed by atoms with Crippen LogP contribution in [0.4, 0.5) is 0 Å². The van der Waals surface area contributed by atoms with Crippen molar-refractivity contribution in [2.45, 2.75) is 56.2 Å². The van der Waals surface area contributed by atoms with Crippen LogP contribution in [0.3, 0.4) is 0 Å². The van der Waals surface area contributed by atoms with Crippen molar-refractivity contribution in [2.24, 2.45) is 11.8 Å². The molecule has 9 heteroatoms. The molecule has 0 spiro atoms. The number of Topliss-reactive ketones (excluding diaryl/α,β-unsaturated/α-hetero) is 1. The lowest BCUT2D eigenvalue weighted by atomic mass is 9.78. The van der Waals surface area contributed by atoms with Crippen LogP contribution in [0.15, 0.2) is 18.2 Å². The maximum atomic E-state index is 13.6. The van der Waals surface area contributed by atoms with Gasteiger partial charge in [-0.2, -0.15) is 0 Å². The van der Waals surface area contributed by atoms with Gasteiger partial charge in [-0.05, 0) is 30.7 Å². The predicted octanol–water partition coefficient (Wildman–Crippen LogP) is 1.50. The molecule has 1 aliphatic carbocycles. The molecule has 0 aromatic carbocycles. The van der Waals surface area contributed by atoms with Crippen molar-refractivity contribution in [3.8, 4) is 5.88 Å². The molecule has 3 aliphatic rings. The van der Waals surface area contributed by atoms with Gasteiger partial charge < -0.3 is 20.1 Å². The van der Waals surface area contributed by atoms with Crippen LogP contribution in [-0.2, 0) is 14.3 Å². The van der Waals surface area contributed by atoms with E-state index in [4.69, 9.17) is 16.3 Å². The Morgan fingerprint density at radius 2 is 2.03 bits per heavy atom. The van der Waals surface area contributed by atoms with Crippen LogP contribution in [0.2, 0.25) is 0 Å². The van der Waals surface area contributed by atoms with E-state index in [-0.39, 0.29) is 42.3 Å². The van der Waals surface area contributed by atoms with Crippen LogP contribution >= 0.6 is 11.6 Å². The fourth-order valence-corrected chi connectivity index (χ4v) is 5.13. The van der Waals surface area contributed by atoms with E-state index >= 15 is 0 Å². The predicted molar refractivity (Wildman–Crippen MR) is 108 cm³/mol. The third-order valence-electron chi connectivity index (χ3n) is 6.46. The summed E-state index contributed by atoms with van der Waals surface area (Å²) in [5, 5.41) is 12.0. The number of hydrogen-bond donors (Lipinski definition) is 2. The number of pyridine rings is 1. The molecule has 2 aliphatic heterocycles. The Morgan fingerprint density at radius 3 is 2.73 bits per heavy atom. The first kappa shape index (κ1) is 21.1. The minimum Gasteiger partial charge on any atom is -0.493 e. The number of ketones is 1. The third kappa shape index (κ3) is 4.03. The number of rotatable bonds is 4. The minimum absolute atomic E-state index is 0.0340. The zero-order valence-electron chi connectivity index (χ0n) is 16.8. The van der Waals surface area contributed by atoms with Crippen LogP contribution in [0.25, 0.3) is 0 Å². The van der Waals surface area contributed by atoms with E-state index in [1.165, 1.54) is 23.1 Å². The molecule has 2 saturated heterocycles. The minimum atomic E-state index is -0.787. The van der Waals surface area contributed by atoms with Crippen molar-refractivity contribution in [3.63, 3.8) is 0 Å². The van der Waals surface area contributed by atoms with Crippen molar-refractivity contribution in [2.75, 3.05) is 13.2 Å². The standard InChI is InChI=1S/C21H26ClN3O5/c1-11-5-7-12(8-6-11)17(24-20(28)14-3-2-4-16(27)23-14)21(29)25-9-13(22)19-18(25)15(26)10-30-19/h2-4,11-13,17-19H,5-10H2,1H3,(H,23,27)(H,24,28)/t11-,12-,13-,17-,18+,19+/m0/s1. The SMILES string of the molecule is C[C@H]1CC[C@H]([C@H](NC(=O)c2cccc(O)n2)C(=O)N2C[C@H](Cl)[C@H]3OCC(=O)[C@H]32)CC1. The number of hydrogen-bond acceptors (Lipinski definition) is 6. The molecule has 3 heterocycles. The molecule has 162 valence electrons. The summed E-state index contributed by atoms with van der Waals surface area (Å²) in [7, 11) is 0. The van der Waals surface area contributed by atoms with E-state index in [1.807, 2.05) is 0 Å². The molecule has 4 atom stereocenters. The number of ether oxygens (including phenoxy) is 1. The zero-order chi connectivity index (χ0) is 21.4. The van der Waals surface area contributed by atoms with Crippen molar-refractivity contribution in [1.82, 2.24) is 15.2 Å². The van der Waals surface area contributed by atoms with Crippen molar-refractivity contribution in [1.29, 1.82) is 0 Å². The highest BCUT2D eigenvalue weighted by atomic mass is 35.5. The number of aromatic hydroxyl groups is 1. The number of carbonyl (C=O) groups is 3. The van der Waals surface area contributed by atoms with Crippen LogP contribution in [-0.4, -0.2) is 69.3 Å². The number of halogens is 1.